The Bertz CT molecular complexity index is 1210. The molecule has 0 atom stereocenters. The van der Waals surface area contributed by atoms with Crippen molar-refractivity contribution < 1.29 is 31.5 Å². The molecule has 1 aliphatic carbocycles. The van der Waals surface area contributed by atoms with Gasteiger partial charge in [0.2, 0.25) is 5.95 Å². The summed E-state index contributed by atoms with van der Waals surface area (Å²) >= 11 is 12.2. The standard InChI is InChI=1S/C21H18Cl2F5N5O2/c22-12-7-29-8-13(23)17(12)33-20-31-14-5-11(16(35-19(24)25)6-15(14)32-20)18(34)30-10-3-1-9(2-4-10)21(26,27)28/h5-10,19H,1-4H2,(H,30,34)(H2,29,31,32,33)/t9-,10-. The number of anilines is 2. The Morgan fingerprint density at radius 1 is 1.11 bits per heavy atom. The zero-order valence-electron chi connectivity index (χ0n) is 17.7. The smallest absolute Gasteiger partial charge is 0.391 e. The quantitative estimate of drug-likeness (QED) is 0.314. The molecule has 1 amide bonds. The maximum Gasteiger partial charge on any atom is 0.391 e. The lowest BCUT2D eigenvalue weighted by atomic mass is 9.85. The van der Waals surface area contributed by atoms with Crippen LogP contribution in [0.3, 0.4) is 0 Å². The molecule has 2 aromatic heterocycles. The number of ether oxygens (including phenoxy) is 1. The second kappa shape index (κ2) is 10.0. The number of nitrogens with zero attached hydrogens (tertiary/aromatic N) is 2. The van der Waals surface area contributed by atoms with Crippen molar-refractivity contribution >= 4 is 51.8 Å². The van der Waals surface area contributed by atoms with Crippen molar-refractivity contribution in [1.82, 2.24) is 20.3 Å². The van der Waals surface area contributed by atoms with Crippen molar-refractivity contribution in [3.05, 3.63) is 40.1 Å². The molecule has 0 unspecified atom stereocenters. The van der Waals surface area contributed by atoms with E-state index in [0.717, 1.165) is 0 Å². The number of benzene rings is 1. The Morgan fingerprint density at radius 2 is 1.77 bits per heavy atom. The molecule has 4 rings (SSSR count). The summed E-state index contributed by atoms with van der Waals surface area (Å²) in [7, 11) is 0. The Kier molecular flexibility index (Phi) is 7.22. The van der Waals surface area contributed by atoms with Gasteiger partial charge >= 0.3 is 12.8 Å². The zero-order chi connectivity index (χ0) is 25.3. The van der Waals surface area contributed by atoms with Gasteiger partial charge in [0.05, 0.1) is 38.2 Å². The number of carbonyl (C=O) groups is 1. The number of imidazole rings is 1. The fourth-order valence-corrected chi connectivity index (χ4v) is 4.40. The molecule has 1 aliphatic rings. The van der Waals surface area contributed by atoms with E-state index in [-0.39, 0.29) is 58.3 Å². The van der Waals surface area contributed by atoms with E-state index in [4.69, 9.17) is 23.2 Å². The van der Waals surface area contributed by atoms with Gasteiger partial charge in [0.15, 0.2) is 0 Å². The summed E-state index contributed by atoms with van der Waals surface area (Å²) in [6.45, 7) is -3.21. The third kappa shape index (κ3) is 5.87. The molecular weight excluding hydrogens is 520 g/mol. The Morgan fingerprint density at radius 3 is 2.37 bits per heavy atom. The first-order chi connectivity index (χ1) is 16.5. The molecule has 3 N–H and O–H groups in total. The highest BCUT2D eigenvalue weighted by Gasteiger charge is 2.41. The maximum atomic E-state index is 13.0. The third-order valence-corrected chi connectivity index (χ3v) is 6.24. The predicted molar refractivity (Wildman–Crippen MR) is 120 cm³/mol. The molecule has 188 valence electrons. The van der Waals surface area contributed by atoms with Crippen LogP contribution in [0.5, 0.6) is 5.75 Å². The SMILES string of the molecule is O=C(N[C@H]1CC[C@H](C(F)(F)F)CC1)c1cc2nc(Nc3c(Cl)cncc3Cl)[nH]c2cc1OC(F)F. The van der Waals surface area contributed by atoms with Crippen LogP contribution < -0.4 is 15.4 Å². The number of nitrogens with one attached hydrogen (secondary N) is 3. The van der Waals surface area contributed by atoms with Gasteiger partial charge in [-0.05, 0) is 31.7 Å². The lowest BCUT2D eigenvalue weighted by Crippen LogP contribution is -2.40. The van der Waals surface area contributed by atoms with Crippen LogP contribution in [-0.2, 0) is 0 Å². The lowest BCUT2D eigenvalue weighted by Gasteiger charge is -2.30. The average molecular weight is 538 g/mol. The summed E-state index contributed by atoms with van der Waals surface area (Å²) in [6, 6.07) is 1.91. The monoisotopic (exact) mass is 537 g/mol. The molecule has 0 radical (unpaired) electrons. The number of rotatable bonds is 6. The topological polar surface area (TPSA) is 91.9 Å². The number of aromatic amines is 1. The number of fused-ring (bicyclic) bond motifs is 1. The van der Waals surface area contributed by atoms with Crippen LogP contribution in [-0.4, -0.2) is 39.7 Å². The summed E-state index contributed by atoms with van der Waals surface area (Å²) < 4.78 is 69.3. The molecule has 35 heavy (non-hydrogen) atoms. The number of pyridine rings is 1. The minimum absolute atomic E-state index is 0.118. The van der Waals surface area contributed by atoms with Crippen LogP contribution in [0, 0.1) is 5.92 Å². The number of carbonyl (C=O) groups excluding carboxylic acids is 1. The number of halogens is 7. The van der Waals surface area contributed by atoms with Crippen molar-refractivity contribution in [2.45, 2.75) is 44.5 Å². The highest BCUT2D eigenvalue weighted by atomic mass is 35.5. The molecule has 1 aromatic carbocycles. The summed E-state index contributed by atoms with van der Waals surface area (Å²) in [5.74, 6) is -2.43. The fraction of sp³-hybridized carbons (Fsp3) is 0.381. The van der Waals surface area contributed by atoms with E-state index in [1.165, 1.54) is 24.5 Å². The van der Waals surface area contributed by atoms with Crippen LogP contribution in [0.2, 0.25) is 10.0 Å². The van der Waals surface area contributed by atoms with Crippen molar-refractivity contribution in [2.24, 2.45) is 5.92 Å². The van der Waals surface area contributed by atoms with Crippen LogP contribution >= 0.6 is 23.2 Å². The fourth-order valence-electron chi connectivity index (χ4n) is 3.94. The van der Waals surface area contributed by atoms with Gasteiger partial charge in [-0.15, -0.1) is 0 Å². The van der Waals surface area contributed by atoms with Crippen LogP contribution in [0.4, 0.5) is 33.6 Å². The summed E-state index contributed by atoms with van der Waals surface area (Å²) in [6.07, 6.45) is -1.57. The summed E-state index contributed by atoms with van der Waals surface area (Å²) in [5, 5.41) is 5.91. The van der Waals surface area contributed by atoms with E-state index in [9.17, 15) is 26.7 Å². The predicted octanol–water partition coefficient (Wildman–Crippen LogP) is 6.46. The molecule has 0 saturated heterocycles. The first-order valence-corrected chi connectivity index (χ1v) is 11.2. The minimum atomic E-state index is -4.28. The number of alkyl halides is 5. The average Bonchev–Trinajstić information content (AvgIpc) is 3.16. The molecule has 1 fully saturated rings. The highest BCUT2D eigenvalue weighted by Crippen LogP contribution is 2.38. The molecule has 14 heteroatoms. The summed E-state index contributed by atoms with van der Waals surface area (Å²) in [4.78, 5) is 23.9. The second-order valence-corrected chi connectivity index (χ2v) is 8.81. The third-order valence-electron chi connectivity index (χ3n) is 5.67. The number of H-pyrrole nitrogens is 1. The van der Waals surface area contributed by atoms with Gasteiger partial charge in [-0.1, -0.05) is 23.2 Å². The van der Waals surface area contributed by atoms with E-state index in [1.54, 1.807) is 0 Å². The second-order valence-electron chi connectivity index (χ2n) is 8.00. The molecule has 7 nitrogen and oxygen atoms in total. The van der Waals surface area contributed by atoms with Crippen LogP contribution in [0.1, 0.15) is 36.0 Å². The molecule has 3 aromatic rings. The number of amides is 1. The number of aromatic nitrogens is 3. The van der Waals surface area contributed by atoms with Crippen molar-refractivity contribution in [1.29, 1.82) is 0 Å². The summed E-state index contributed by atoms with van der Waals surface area (Å²) in [5.41, 5.74) is 0.584. The first-order valence-electron chi connectivity index (χ1n) is 10.4. The van der Waals surface area contributed by atoms with Crippen LogP contribution in [0.15, 0.2) is 24.5 Å². The largest absolute Gasteiger partial charge is 0.434 e. The molecule has 0 bridgehead atoms. The number of hydrogen-bond donors (Lipinski definition) is 3. The number of hydrogen-bond acceptors (Lipinski definition) is 5. The lowest BCUT2D eigenvalue weighted by molar-refractivity contribution is -0.182. The van der Waals surface area contributed by atoms with Crippen molar-refractivity contribution in [3.63, 3.8) is 0 Å². The molecule has 0 spiro atoms. The van der Waals surface area contributed by atoms with E-state index < -0.39 is 36.4 Å². The van der Waals surface area contributed by atoms with E-state index in [0.29, 0.717) is 5.69 Å². The molecule has 1 saturated carbocycles. The normalized spacial score (nSPS) is 18.6. The van der Waals surface area contributed by atoms with Gasteiger partial charge in [0, 0.05) is 24.5 Å². The Labute approximate surface area is 205 Å². The van der Waals surface area contributed by atoms with Crippen molar-refractivity contribution in [2.75, 3.05) is 5.32 Å². The Hall–Kier alpha value is -2.86. The highest BCUT2D eigenvalue weighted by molar-refractivity contribution is 6.39. The van der Waals surface area contributed by atoms with E-state index in [2.05, 4.69) is 30.3 Å². The van der Waals surface area contributed by atoms with E-state index >= 15 is 0 Å². The van der Waals surface area contributed by atoms with Crippen molar-refractivity contribution in [3.8, 4) is 5.75 Å². The van der Waals surface area contributed by atoms with E-state index in [1.807, 2.05) is 0 Å². The van der Waals surface area contributed by atoms with Crippen LogP contribution in [0.25, 0.3) is 11.0 Å². The molecule has 2 heterocycles. The van der Waals surface area contributed by atoms with Gasteiger partial charge in [-0.2, -0.15) is 22.0 Å². The first kappa shape index (κ1) is 25.2. The van der Waals surface area contributed by atoms with Gasteiger partial charge in [-0.3, -0.25) is 9.78 Å². The molecular formula is C21H18Cl2F5N5O2. The maximum absolute atomic E-state index is 13.0. The van der Waals surface area contributed by atoms with Gasteiger partial charge in [0.25, 0.3) is 5.91 Å². The Balaban J connectivity index is 1.57. The van der Waals surface area contributed by atoms with Gasteiger partial charge in [-0.25, -0.2) is 4.98 Å². The minimum Gasteiger partial charge on any atom is -0.434 e. The molecule has 0 aliphatic heterocycles. The van der Waals surface area contributed by atoms with Gasteiger partial charge in [0.1, 0.15) is 5.75 Å². The van der Waals surface area contributed by atoms with Gasteiger partial charge < -0.3 is 20.4 Å². The zero-order valence-corrected chi connectivity index (χ0v) is 19.2.